The highest BCUT2D eigenvalue weighted by atomic mass is 79.9. The molecule has 20 heavy (non-hydrogen) atoms. The van der Waals surface area contributed by atoms with E-state index in [1.165, 1.54) is 6.08 Å². The van der Waals surface area contributed by atoms with Gasteiger partial charge in [-0.15, -0.1) is 0 Å². The number of aryl methyl sites for hydroxylation is 1. The van der Waals surface area contributed by atoms with Crippen molar-refractivity contribution in [1.29, 1.82) is 0 Å². The predicted octanol–water partition coefficient (Wildman–Crippen LogP) is 5.22. The number of hydrogen-bond donors (Lipinski definition) is 1. The summed E-state index contributed by atoms with van der Waals surface area (Å²) < 4.78 is 0.947. The second-order valence-corrected chi connectivity index (χ2v) is 5.65. The van der Waals surface area contributed by atoms with Gasteiger partial charge < -0.3 is 5.32 Å². The first-order valence-corrected chi connectivity index (χ1v) is 7.22. The first-order valence-electron chi connectivity index (χ1n) is 6.05. The summed E-state index contributed by atoms with van der Waals surface area (Å²) in [6.45, 7) is 1.98. The molecule has 0 atom stereocenters. The van der Waals surface area contributed by atoms with Crippen LogP contribution in [0.4, 0.5) is 5.69 Å². The standard InChI is InChI=1S/C16H13BrClNO/c1-11-2-7-14(18)15(10-11)19-9-8-16(20)12-3-5-13(17)6-4-12/h2-10,19H,1H3. The van der Waals surface area contributed by atoms with E-state index in [0.29, 0.717) is 10.6 Å². The zero-order chi connectivity index (χ0) is 14.5. The van der Waals surface area contributed by atoms with Gasteiger partial charge in [-0.3, -0.25) is 4.79 Å². The maximum absolute atomic E-state index is 11.9. The second kappa shape index (κ2) is 6.73. The lowest BCUT2D eigenvalue weighted by Crippen LogP contribution is -1.96. The van der Waals surface area contributed by atoms with Crippen LogP contribution in [0.3, 0.4) is 0 Å². The minimum atomic E-state index is -0.0613. The Morgan fingerprint density at radius 2 is 1.90 bits per heavy atom. The molecule has 0 aliphatic heterocycles. The predicted molar refractivity (Wildman–Crippen MR) is 87.4 cm³/mol. The van der Waals surface area contributed by atoms with Crippen molar-refractivity contribution in [2.75, 3.05) is 5.32 Å². The van der Waals surface area contributed by atoms with Gasteiger partial charge in [-0.2, -0.15) is 0 Å². The summed E-state index contributed by atoms with van der Waals surface area (Å²) in [5, 5.41) is 3.64. The van der Waals surface area contributed by atoms with Gasteiger partial charge in [0.1, 0.15) is 0 Å². The van der Waals surface area contributed by atoms with E-state index in [2.05, 4.69) is 21.2 Å². The van der Waals surface area contributed by atoms with Gasteiger partial charge >= 0.3 is 0 Å². The Labute approximate surface area is 131 Å². The molecule has 0 aliphatic rings. The molecule has 0 fully saturated rings. The number of carbonyl (C=O) groups is 1. The van der Waals surface area contributed by atoms with E-state index in [1.54, 1.807) is 18.3 Å². The van der Waals surface area contributed by atoms with Gasteiger partial charge in [0.25, 0.3) is 0 Å². The molecule has 0 aliphatic carbocycles. The second-order valence-electron chi connectivity index (χ2n) is 4.33. The van der Waals surface area contributed by atoms with E-state index in [4.69, 9.17) is 11.6 Å². The van der Waals surface area contributed by atoms with Crippen LogP contribution in [0, 0.1) is 6.92 Å². The van der Waals surface area contributed by atoms with Crippen LogP contribution >= 0.6 is 27.5 Å². The number of carbonyl (C=O) groups excluding carboxylic acids is 1. The third kappa shape index (κ3) is 3.95. The van der Waals surface area contributed by atoms with E-state index in [-0.39, 0.29) is 5.78 Å². The summed E-state index contributed by atoms with van der Waals surface area (Å²) in [6, 6.07) is 12.9. The van der Waals surface area contributed by atoms with Gasteiger partial charge in [-0.25, -0.2) is 0 Å². The third-order valence-electron chi connectivity index (χ3n) is 2.72. The quantitative estimate of drug-likeness (QED) is 0.605. The molecule has 0 bridgehead atoms. The fraction of sp³-hybridized carbons (Fsp3) is 0.0625. The monoisotopic (exact) mass is 349 g/mol. The Bertz CT molecular complexity index is 650. The van der Waals surface area contributed by atoms with Crippen molar-refractivity contribution < 1.29 is 4.79 Å². The average Bonchev–Trinajstić information content (AvgIpc) is 2.43. The zero-order valence-corrected chi connectivity index (χ0v) is 13.2. The highest BCUT2D eigenvalue weighted by Gasteiger charge is 2.01. The van der Waals surface area contributed by atoms with Crippen LogP contribution in [-0.4, -0.2) is 5.78 Å². The van der Waals surface area contributed by atoms with Crippen LogP contribution < -0.4 is 5.32 Å². The number of halogens is 2. The van der Waals surface area contributed by atoms with Crippen LogP contribution in [0.5, 0.6) is 0 Å². The molecule has 2 aromatic rings. The number of allylic oxidation sites excluding steroid dienone is 1. The molecule has 0 unspecified atom stereocenters. The van der Waals surface area contributed by atoms with E-state index in [1.807, 2.05) is 37.3 Å². The van der Waals surface area contributed by atoms with Crippen LogP contribution in [0.1, 0.15) is 15.9 Å². The lowest BCUT2D eigenvalue weighted by molar-refractivity contribution is 0.104. The van der Waals surface area contributed by atoms with E-state index < -0.39 is 0 Å². The summed E-state index contributed by atoms with van der Waals surface area (Å²) >= 11 is 9.40. The molecule has 0 spiro atoms. The molecule has 2 rings (SSSR count). The molecule has 0 saturated carbocycles. The van der Waals surface area contributed by atoms with Gasteiger partial charge in [0.05, 0.1) is 10.7 Å². The third-order valence-corrected chi connectivity index (χ3v) is 3.58. The van der Waals surface area contributed by atoms with Gasteiger partial charge in [-0.05, 0) is 48.9 Å². The van der Waals surface area contributed by atoms with Crippen molar-refractivity contribution >= 4 is 39.0 Å². The lowest BCUT2D eigenvalue weighted by Gasteiger charge is -2.04. The highest BCUT2D eigenvalue weighted by molar-refractivity contribution is 9.10. The van der Waals surface area contributed by atoms with Crippen molar-refractivity contribution in [3.63, 3.8) is 0 Å². The van der Waals surface area contributed by atoms with Crippen molar-refractivity contribution in [2.45, 2.75) is 6.92 Å². The van der Waals surface area contributed by atoms with Gasteiger partial charge in [0, 0.05) is 22.3 Å². The summed E-state index contributed by atoms with van der Waals surface area (Å²) in [4.78, 5) is 11.9. The number of benzene rings is 2. The van der Waals surface area contributed by atoms with Crippen molar-refractivity contribution in [1.82, 2.24) is 0 Å². The van der Waals surface area contributed by atoms with Crippen LogP contribution in [-0.2, 0) is 0 Å². The topological polar surface area (TPSA) is 29.1 Å². The number of nitrogens with one attached hydrogen (secondary N) is 1. The summed E-state index contributed by atoms with van der Waals surface area (Å²) in [5.41, 5.74) is 2.53. The highest BCUT2D eigenvalue weighted by Crippen LogP contribution is 2.22. The Kier molecular flexibility index (Phi) is 4.99. The molecule has 0 radical (unpaired) electrons. The normalized spacial score (nSPS) is 10.8. The minimum Gasteiger partial charge on any atom is -0.360 e. The Morgan fingerprint density at radius 1 is 1.20 bits per heavy atom. The van der Waals surface area contributed by atoms with Gasteiger partial charge in [-0.1, -0.05) is 33.6 Å². The average molecular weight is 351 g/mol. The SMILES string of the molecule is Cc1ccc(Cl)c(NC=CC(=O)c2ccc(Br)cc2)c1. The van der Waals surface area contributed by atoms with E-state index in [9.17, 15) is 4.79 Å². The number of rotatable bonds is 4. The van der Waals surface area contributed by atoms with Gasteiger partial charge in [0.15, 0.2) is 5.78 Å². The van der Waals surface area contributed by atoms with Crippen molar-refractivity contribution in [3.8, 4) is 0 Å². The molecule has 2 aromatic carbocycles. The molecule has 0 aromatic heterocycles. The number of ketones is 1. The fourth-order valence-corrected chi connectivity index (χ4v) is 2.10. The largest absolute Gasteiger partial charge is 0.360 e. The van der Waals surface area contributed by atoms with E-state index in [0.717, 1.165) is 15.7 Å². The first kappa shape index (κ1) is 14.8. The molecule has 0 saturated heterocycles. The minimum absolute atomic E-state index is 0.0613. The molecule has 1 N–H and O–H groups in total. The number of hydrogen-bond acceptors (Lipinski definition) is 2. The molecule has 4 heteroatoms. The Morgan fingerprint density at radius 3 is 2.60 bits per heavy atom. The molecule has 0 amide bonds. The molecular weight excluding hydrogens is 338 g/mol. The molecular formula is C16H13BrClNO. The molecule has 2 nitrogen and oxygen atoms in total. The van der Waals surface area contributed by atoms with Crippen molar-refractivity contribution in [2.24, 2.45) is 0 Å². The summed E-state index contributed by atoms with van der Waals surface area (Å²) in [7, 11) is 0. The van der Waals surface area contributed by atoms with Crippen LogP contribution in [0.25, 0.3) is 0 Å². The lowest BCUT2D eigenvalue weighted by atomic mass is 10.1. The summed E-state index contributed by atoms with van der Waals surface area (Å²) in [5.74, 6) is -0.0613. The molecule has 102 valence electrons. The van der Waals surface area contributed by atoms with E-state index >= 15 is 0 Å². The maximum Gasteiger partial charge on any atom is 0.187 e. The molecule has 0 heterocycles. The maximum atomic E-state index is 11.9. The van der Waals surface area contributed by atoms with Crippen molar-refractivity contribution in [3.05, 3.63) is 75.4 Å². The van der Waals surface area contributed by atoms with Crippen LogP contribution in [0.2, 0.25) is 5.02 Å². The fourth-order valence-electron chi connectivity index (χ4n) is 1.67. The van der Waals surface area contributed by atoms with Gasteiger partial charge in [0.2, 0.25) is 0 Å². The van der Waals surface area contributed by atoms with Crippen LogP contribution in [0.15, 0.2) is 59.2 Å². The smallest absolute Gasteiger partial charge is 0.187 e. The Balaban J connectivity index is 2.04. The zero-order valence-electron chi connectivity index (χ0n) is 10.9. The first-order chi connectivity index (χ1) is 9.56. The Hall–Kier alpha value is -1.58. The summed E-state index contributed by atoms with van der Waals surface area (Å²) in [6.07, 6.45) is 3.09. The number of anilines is 1.